The number of carbonyl (C=O) groups is 1. The molecule has 4 nitrogen and oxygen atoms in total. The number of rotatable bonds is 4. The van der Waals surface area contributed by atoms with E-state index < -0.39 is 5.60 Å². The summed E-state index contributed by atoms with van der Waals surface area (Å²) in [6.07, 6.45) is 2.09. The monoisotopic (exact) mass is 208 g/mol. The Morgan fingerprint density at radius 1 is 1.67 bits per heavy atom. The number of nitrogen functional groups attached to an aromatic ring is 1. The molecule has 0 radical (unpaired) electrons. The molecule has 0 aliphatic heterocycles. The minimum Gasteiger partial charge on any atom is -0.383 e. The molecule has 0 fully saturated rings. The minimum atomic E-state index is -1.28. The van der Waals surface area contributed by atoms with Crippen LogP contribution < -0.4 is 5.73 Å². The van der Waals surface area contributed by atoms with Gasteiger partial charge in [0, 0.05) is 18.2 Å². The molecular formula is C11H16N2O2. The van der Waals surface area contributed by atoms with Crippen molar-refractivity contribution in [2.75, 3.05) is 5.73 Å². The molecule has 1 unspecified atom stereocenters. The van der Waals surface area contributed by atoms with Crippen LogP contribution in [-0.2, 0) is 11.2 Å². The van der Waals surface area contributed by atoms with Gasteiger partial charge in [0.2, 0.25) is 0 Å². The van der Waals surface area contributed by atoms with E-state index in [0.29, 0.717) is 17.8 Å². The van der Waals surface area contributed by atoms with Gasteiger partial charge in [-0.15, -0.1) is 0 Å². The highest BCUT2D eigenvalue weighted by Gasteiger charge is 2.27. The Morgan fingerprint density at radius 2 is 2.33 bits per heavy atom. The average Bonchev–Trinajstić information content (AvgIpc) is 2.21. The highest BCUT2D eigenvalue weighted by Crippen LogP contribution is 2.16. The molecule has 0 aliphatic rings. The lowest BCUT2D eigenvalue weighted by atomic mass is 9.93. The molecule has 1 aromatic heterocycles. The van der Waals surface area contributed by atoms with Crippen LogP contribution >= 0.6 is 0 Å². The van der Waals surface area contributed by atoms with Gasteiger partial charge in [0.25, 0.3) is 0 Å². The van der Waals surface area contributed by atoms with Crippen LogP contribution in [0.5, 0.6) is 0 Å². The van der Waals surface area contributed by atoms with Gasteiger partial charge in [-0.1, -0.05) is 13.0 Å². The van der Waals surface area contributed by atoms with Gasteiger partial charge in [0.05, 0.1) is 0 Å². The van der Waals surface area contributed by atoms with Crippen molar-refractivity contribution in [2.24, 2.45) is 0 Å². The first kappa shape index (κ1) is 11.7. The van der Waals surface area contributed by atoms with E-state index in [0.717, 1.165) is 0 Å². The van der Waals surface area contributed by atoms with E-state index in [9.17, 15) is 9.90 Å². The third-order valence-corrected chi connectivity index (χ3v) is 2.57. The van der Waals surface area contributed by atoms with Gasteiger partial charge in [-0.3, -0.25) is 4.79 Å². The van der Waals surface area contributed by atoms with Gasteiger partial charge in [-0.05, 0) is 19.4 Å². The zero-order chi connectivity index (χ0) is 11.5. The van der Waals surface area contributed by atoms with Crippen molar-refractivity contribution in [3.63, 3.8) is 0 Å². The van der Waals surface area contributed by atoms with Crippen LogP contribution in [0.1, 0.15) is 25.8 Å². The third kappa shape index (κ3) is 2.76. The summed E-state index contributed by atoms with van der Waals surface area (Å²) in [6.45, 7) is 3.28. The van der Waals surface area contributed by atoms with E-state index in [1.165, 1.54) is 6.92 Å². The molecule has 0 spiro atoms. The van der Waals surface area contributed by atoms with Gasteiger partial charge in [-0.25, -0.2) is 4.98 Å². The molecule has 0 aromatic carbocycles. The number of nitrogens with zero attached hydrogens (tertiary/aromatic N) is 1. The number of hydrogen-bond acceptors (Lipinski definition) is 4. The number of carbonyl (C=O) groups excluding carboxylic acids is 1. The lowest BCUT2D eigenvalue weighted by Gasteiger charge is -2.19. The molecule has 1 aromatic rings. The fourth-order valence-corrected chi connectivity index (χ4v) is 1.16. The van der Waals surface area contributed by atoms with Crippen LogP contribution in [0.2, 0.25) is 0 Å². The molecule has 82 valence electrons. The number of ketones is 1. The Bertz CT molecular complexity index is 361. The van der Waals surface area contributed by atoms with Crippen molar-refractivity contribution in [1.82, 2.24) is 4.98 Å². The predicted octanol–water partition coefficient (Wildman–Crippen LogP) is 0.936. The average molecular weight is 208 g/mol. The van der Waals surface area contributed by atoms with E-state index in [4.69, 9.17) is 5.73 Å². The first-order valence-electron chi connectivity index (χ1n) is 4.92. The quantitative estimate of drug-likeness (QED) is 0.772. The topological polar surface area (TPSA) is 76.2 Å². The maximum atomic E-state index is 11.7. The summed E-state index contributed by atoms with van der Waals surface area (Å²) < 4.78 is 0. The largest absolute Gasteiger partial charge is 0.383 e. The van der Waals surface area contributed by atoms with Crippen LogP contribution in [-0.4, -0.2) is 21.5 Å². The first-order chi connectivity index (χ1) is 6.97. The summed E-state index contributed by atoms with van der Waals surface area (Å²) in [4.78, 5) is 15.6. The molecule has 3 N–H and O–H groups in total. The molecule has 1 heterocycles. The molecule has 1 atom stereocenters. The Balaban J connectivity index is 2.80. The van der Waals surface area contributed by atoms with Crippen molar-refractivity contribution in [3.05, 3.63) is 23.9 Å². The van der Waals surface area contributed by atoms with Crippen LogP contribution in [0, 0.1) is 0 Å². The number of aliphatic hydroxyl groups is 1. The lowest BCUT2D eigenvalue weighted by Crippen LogP contribution is -2.35. The second-order valence-corrected chi connectivity index (χ2v) is 3.78. The van der Waals surface area contributed by atoms with Crippen molar-refractivity contribution in [1.29, 1.82) is 0 Å². The van der Waals surface area contributed by atoms with Crippen molar-refractivity contribution < 1.29 is 9.90 Å². The Morgan fingerprint density at radius 3 is 2.87 bits per heavy atom. The van der Waals surface area contributed by atoms with E-state index in [1.54, 1.807) is 25.3 Å². The highest BCUT2D eigenvalue weighted by atomic mass is 16.3. The second kappa shape index (κ2) is 4.40. The maximum Gasteiger partial charge on any atom is 0.168 e. The van der Waals surface area contributed by atoms with Crippen LogP contribution in [0.15, 0.2) is 18.3 Å². The Labute approximate surface area is 89.1 Å². The van der Waals surface area contributed by atoms with E-state index in [2.05, 4.69) is 4.98 Å². The molecule has 1 rings (SSSR count). The van der Waals surface area contributed by atoms with Crippen LogP contribution in [0.25, 0.3) is 0 Å². The summed E-state index contributed by atoms with van der Waals surface area (Å²) >= 11 is 0. The van der Waals surface area contributed by atoms with Gasteiger partial charge in [0.1, 0.15) is 11.4 Å². The zero-order valence-electron chi connectivity index (χ0n) is 9.03. The smallest absolute Gasteiger partial charge is 0.168 e. The predicted molar refractivity (Wildman–Crippen MR) is 58.3 cm³/mol. The van der Waals surface area contributed by atoms with Crippen LogP contribution in [0.4, 0.5) is 5.82 Å². The Hall–Kier alpha value is -1.42. The van der Waals surface area contributed by atoms with Crippen LogP contribution in [0.3, 0.4) is 0 Å². The number of hydrogen-bond donors (Lipinski definition) is 2. The number of pyridine rings is 1. The highest BCUT2D eigenvalue weighted by molar-refractivity contribution is 5.89. The normalized spacial score (nSPS) is 14.6. The number of Topliss-reactive ketones (excluding diaryl/α,β-unsaturated/α-hetero) is 1. The van der Waals surface area contributed by atoms with Gasteiger partial charge in [0.15, 0.2) is 5.78 Å². The molecule has 0 amide bonds. The van der Waals surface area contributed by atoms with Gasteiger partial charge in [-0.2, -0.15) is 0 Å². The van der Waals surface area contributed by atoms with E-state index in [1.807, 2.05) is 0 Å². The van der Waals surface area contributed by atoms with Gasteiger partial charge < -0.3 is 10.8 Å². The molecule has 4 heteroatoms. The minimum absolute atomic E-state index is 0.126. The van der Waals surface area contributed by atoms with E-state index >= 15 is 0 Å². The molecule has 0 saturated heterocycles. The zero-order valence-corrected chi connectivity index (χ0v) is 9.03. The fraction of sp³-hybridized carbons (Fsp3) is 0.455. The molecule has 0 bridgehead atoms. The molecule has 15 heavy (non-hydrogen) atoms. The molecular weight excluding hydrogens is 192 g/mol. The SMILES string of the molecule is CCC(C)(O)C(=O)Cc1cccnc1N. The number of aromatic nitrogens is 1. The van der Waals surface area contributed by atoms with Gasteiger partial charge >= 0.3 is 0 Å². The summed E-state index contributed by atoms with van der Waals surface area (Å²) in [5, 5.41) is 9.73. The van der Waals surface area contributed by atoms with Crippen molar-refractivity contribution in [3.8, 4) is 0 Å². The standard InChI is InChI=1S/C11H16N2O2/c1-3-11(2,15)9(14)7-8-5-4-6-13-10(8)12/h4-6,15H,3,7H2,1-2H3,(H2,12,13). The fourth-order valence-electron chi connectivity index (χ4n) is 1.16. The summed E-state index contributed by atoms with van der Waals surface area (Å²) in [5.41, 5.74) is 5.00. The summed E-state index contributed by atoms with van der Waals surface area (Å²) in [5.74, 6) is 0.113. The lowest BCUT2D eigenvalue weighted by molar-refractivity contribution is -0.135. The molecule has 0 saturated carbocycles. The van der Waals surface area contributed by atoms with Crippen molar-refractivity contribution >= 4 is 11.6 Å². The van der Waals surface area contributed by atoms with E-state index in [-0.39, 0.29) is 12.2 Å². The summed E-state index contributed by atoms with van der Waals surface area (Å²) in [6, 6.07) is 3.46. The maximum absolute atomic E-state index is 11.7. The Kier molecular flexibility index (Phi) is 3.42. The second-order valence-electron chi connectivity index (χ2n) is 3.78. The number of nitrogens with two attached hydrogens (primary N) is 1. The first-order valence-corrected chi connectivity index (χ1v) is 4.92. The third-order valence-electron chi connectivity index (χ3n) is 2.57. The summed E-state index contributed by atoms with van der Waals surface area (Å²) in [7, 11) is 0. The number of anilines is 1. The van der Waals surface area contributed by atoms with Crippen molar-refractivity contribution in [2.45, 2.75) is 32.3 Å². The molecule has 0 aliphatic carbocycles.